The van der Waals surface area contributed by atoms with Crippen LogP contribution in [0.15, 0.2) is 0 Å². The van der Waals surface area contributed by atoms with E-state index in [1.165, 1.54) is 51.7 Å². The monoisotopic (exact) mass is 205 g/mol. The Balaban J connectivity index is 0.00000144. The van der Waals surface area contributed by atoms with Gasteiger partial charge in [-0.2, -0.15) is 0 Å². The molecule has 1 nitrogen and oxygen atoms in total. The molecule has 0 aromatic rings. The zero-order valence-electron chi connectivity index (χ0n) is 9.11. The molecule has 1 fully saturated rings. The normalized spacial score (nSPS) is 28.2. The van der Waals surface area contributed by atoms with Crippen molar-refractivity contribution in [2.24, 2.45) is 5.92 Å². The summed E-state index contributed by atoms with van der Waals surface area (Å²) >= 11 is 0. The average Bonchev–Trinajstić information content (AvgIpc) is 2.15. The standard InChI is InChI=1S/C11H23N.ClH/c1-3-5-7-11-8-6-9-12(4-2)10-11;/h11H,3-10H2,1-2H3;1H. The first kappa shape index (κ1) is 13.2. The highest BCUT2D eigenvalue weighted by atomic mass is 35.5. The Kier molecular flexibility index (Phi) is 7.78. The molecule has 2 atom stereocenters. The lowest BCUT2D eigenvalue weighted by Gasteiger charge is -2.28. The van der Waals surface area contributed by atoms with Crippen LogP contribution in [0, 0.1) is 5.92 Å². The van der Waals surface area contributed by atoms with Crippen molar-refractivity contribution in [3.63, 3.8) is 0 Å². The highest BCUT2D eigenvalue weighted by molar-refractivity contribution is 4.61. The molecule has 0 aromatic heterocycles. The molecule has 2 unspecified atom stereocenters. The van der Waals surface area contributed by atoms with Gasteiger partial charge in [0, 0.05) is 5.92 Å². The van der Waals surface area contributed by atoms with Crippen LogP contribution in [0.4, 0.5) is 0 Å². The zero-order chi connectivity index (χ0) is 8.81. The van der Waals surface area contributed by atoms with Gasteiger partial charge in [0.2, 0.25) is 0 Å². The maximum Gasteiger partial charge on any atom is 0.0799 e. The lowest BCUT2D eigenvalue weighted by atomic mass is 9.93. The lowest BCUT2D eigenvalue weighted by molar-refractivity contribution is -0.907. The van der Waals surface area contributed by atoms with Gasteiger partial charge in [0.1, 0.15) is 0 Å². The van der Waals surface area contributed by atoms with E-state index in [2.05, 4.69) is 13.8 Å². The highest BCUT2D eigenvalue weighted by Gasteiger charge is 2.20. The fourth-order valence-electron chi connectivity index (χ4n) is 2.31. The fraction of sp³-hybridized carbons (Fsp3) is 1.00. The maximum absolute atomic E-state index is 2.32. The average molecular weight is 206 g/mol. The molecule has 1 rings (SSSR count). The van der Waals surface area contributed by atoms with Crippen molar-refractivity contribution in [2.45, 2.75) is 46.0 Å². The molecule has 80 valence electrons. The minimum absolute atomic E-state index is 0. The van der Waals surface area contributed by atoms with Gasteiger partial charge < -0.3 is 17.3 Å². The number of unbranched alkanes of at least 4 members (excludes halogenated alkanes) is 1. The number of hydrogen-bond acceptors (Lipinski definition) is 0. The van der Waals surface area contributed by atoms with E-state index in [9.17, 15) is 0 Å². The molecular formula is C11H24ClN. The van der Waals surface area contributed by atoms with Crippen LogP contribution >= 0.6 is 0 Å². The molecule has 0 saturated carbocycles. The van der Waals surface area contributed by atoms with Gasteiger partial charge in [0.25, 0.3) is 0 Å². The molecular weight excluding hydrogens is 182 g/mol. The van der Waals surface area contributed by atoms with E-state index in [1.807, 2.05) is 4.90 Å². The zero-order valence-corrected chi connectivity index (χ0v) is 9.87. The summed E-state index contributed by atoms with van der Waals surface area (Å²) in [6, 6.07) is 0. The third kappa shape index (κ3) is 4.87. The Bertz CT molecular complexity index is 117. The quantitative estimate of drug-likeness (QED) is 0.570. The first-order chi connectivity index (χ1) is 5.86. The van der Waals surface area contributed by atoms with Crippen LogP contribution in [0.1, 0.15) is 46.0 Å². The lowest BCUT2D eigenvalue weighted by Crippen LogP contribution is -3.13. The van der Waals surface area contributed by atoms with Crippen LogP contribution in [-0.2, 0) is 0 Å². The van der Waals surface area contributed by atoms with E-state index in [0.717, 1.165) is 5.92 Å². The summed E-state index contributed by atoms with van der Waals surface area (Å²) in [6.07, 6.45) is 7.28. The van der Waals surface area contributed by atoms with Crippen molar-refractivity contribution in [1.29, 1.82) is 0 Å². The summed E-state index contributed by atoms with van der Waals surface area (Å²) in [5.74, 6) is 1.05. The SMILES string of the molecule is CCCCC1CCC[NH+](CC)C1.[Cl-]. The van der Waals surface area contributed by atoms with Crippen LogP contribution in [0.5, 0.6) is 0 Å². The second kappa shape index (κ2) is 7.64. The highest BCUT2D eigenvalue weighted by Crippen LogP contribution is 2.14. The molecule has 0 aliphatic carbocycles. The number of quaternary nitrogens is 1. The van der Waals surface area contributed by atoms with Gasteiger partial charge in [0.15, 0.2) is 0 Å². The Morgan fingerprint density at radius 3 is 2.69 bits per heavy atom. The van der Waals surface area contributed by atoms with Gasteiger partial charge in [-0.3, -0.25) is 0 Å². The van der Waals surface area contributed by atoms with E-state index >= 15 is 0 Å². The van der Waals surface area contributed by atoms with E-state index in [-0.39, 0.29) is 12.4 Å². The van der Waals surface area contributed by atoms with E-state index in [1.54, 1.807) is 0 Å². The second-order valence-corrected chi connectivity index (χ2v) is 4.21. The molecule has 1 aliphatic heterocycles. The molecule has 1 aliphatic rings. The number of hydrogen-bond donors (Lipinski definition) is 1. The van der Waals surface area contributed by atoms with E-state index in [4.69, 9.17) is 0 Å². The molecule has 1 saturated heterocycles. The van der Waals surface area contributed by atoms with E-state index in [0.29, 0.717) is 0 Å². The maximum atomic E-state index is 2.32. The van der Waals surface area contributed by atoms with Gasteiger partial charge in [-0.1, -0.05) is 19.8 Å². The predicted molar refractivity (Wildman–Crippen MR) is 53.5 cm³/mol. The topological polar surface area (TPSA) is 4.44 Å². The summed E-state index contributed by atoms with van der Waals surface area (Å²) in [4.78, 5) is 1.84. The summed E-state index contributed by atoms with van der Waals surface area (Å²) in [6.45, 7) is 8.84. The van der Waals surface area contributed by atoms with Crippen LogP contribution < -0.4 is 17.3 Å². The Hall–Kier alpha value is 0.250. The third-order valence-corrected chi connectivity index (χ3v) is 3.19. The van der Waals surface area contributed by atoms with Crippen molar-refractivity contribution in [2.75, 3.05) is 19.6 Å². The number of nitrogens with one attached hydrogen (secondary N) is 1. The second-order valence-electron chi connectivity index (χ2n) is 4.21. The molecule has 13 heavy (non-hydrogen) atoms. The van der Waals surface area contributed by atoms with Crippen molar-refractivity contribution in [3.05, 3.63) is 0 Å². The van der Waals surface area contributed by atoms with Gasteiger partial charge in [0.05, 0.1) is 19.6 Å². The van der Waals surface area contributed by atoms with Crippen LogP contribution in [-0.4, -0.2) is 19.6 Å². The Labute approximate surface area is 89.3 Å². The van der Waals surface area contributed by atoms with Crippen LogP contribution in [0.3, 0.4) is 0 Å². The molecule has 0 amide bonds. The Morgan fingerprint density at radius 2 is 2.08 bits per heavy atom. The molecule has 2 heteroatoms. The molecule has 0 radical (unpaired) electrons. The van der Waals surface area contributed by atoms with Crippen LogP contribution in [0.2, 0.25) is 0 Å². The molecule has 1 N–H and O–H groups in total. The first-order valence-corrected chi connectivity index (χ1v) is 5.70. The van der Waals surface area contributed by atoms with Gasteiger partial charge in [-0.15, -0.1) is 0 Å². The van der Waals surface area contributed by atoms with Crippen molar-refractivity contribution < 1.29 is 17.3 Å². The molecule has 1 heterocycles. The largest absolute Gasteiger partial charge is 1.00 e. The number of piperidine rings is 1. The smallest absolute Gasteiger partial charge is 0.0799 e. The van der Waals surface area contributed by atoms with Crippen molar-refractivity contribution >= 4 is 0 Å². The summed E-state index contributed by atoms with van der Waals surface area (Å²) in [5.41, 5.74) is 0. The third-order valence-electron chi connectivity index (χ3n) is 3.19. The predicted octanol–water partition coefficient (Wildman–Crippen LogP) is -1.50. The molecule has 0 aromatic carbocycles. The summed E-state index contributed by atoms with van der Waals surface area (Å²) < 4.78 is 0. The van der Waals surface area contributed by atoms with Gasteiger partial charge in [-0.25, -0.2) is 0 Å². The molecule has 0 bridgehead atoms. The minimum Gasteiger partial charge on any atom is -1.00 e. The number of halogens is 1. The first-order valence-electron chi connectivity index (χ1n) is 5.70. The van der Waals surface area contributed by atoms with Gasteiger partial charge in [-0.05, 0) is 26.2 Å². The minimum atomic E-state index is 0. The van der Waals surface area contributed by atoms with E-state index < -0.39 is 0 Å². The van der Waals surface area contributed by atoms with Crippen molar-refractivity contribution in [3.8, 4) is 0 Å². The Morgan fingerprint density at radius 1 is 1.31 bits per heavy atom. The molecule has 0 spiro atoms. The fourth-order valence-corrected chi connectivity index (χ4v) is 2.31. The van der Waals surface area contributed by atoms with Gasteiger partial charge >= 0.3 is 0 Å². The number of likely N-dealkylation sites (tertiary alicyclic amines) is 1. The van der Waals surface area contributed by atoms with Crippen molar-refractivity contribution in [1.82, 2.24) is 0 Å². The summed E-state index contributed by atoms with van der Waals surface area (Å²) in [5, 5.41) is 0. The number of rotatable bonds is 4. The van der Waals surface area contributed by atoms with Crippen LogP contribution in [0.25, 0.3) is 0 Å². The summed E-state index contributed by atoms with van der Waals surface area (Å²) in [7, 11) is 0.